The zero-order valence-electron chi connectivity index (χ0n) is 19.0. The first-order chi connectivity index (χ1) is 13.8. The van der Waals surface area contributed by atoms with Gasteiger partial charge < -0.3 is 5.32 Å². The van der Waals surface area contributed by atoms with Crippen molar-refractivity contribution in [3.05, 3.63) is 47.2 Å². The van der Waals surface area contributed by atoms with E-state index >= 15 is 0 Å². The highest BCUT2D eigenvalue weighted by Crippen LogP contribution is 2.43. The maximum Gasteiger partial charge on any atom is 0.169 e. The van der Waals surface area contributed by atoms with E-state index in [-0.39, 0.29) is 22.8 Å². The monoisotopic (exact) mass is 395 g/mol. The van der Waals surface area contributed by atoms with Crippen LogP contribution < -0.4 is 5.32 Å². The van der Waals surface area contributed by atoms with E-state index in [1.807, 2.05) is 17.7 Å². The molecule has 0 fully saturated rings. The first kappa shape index (κ1) is 21.6. The highest BCUT2D eigenvalue weighted by Gasteiger charge is 2.39. The molecule has 0 unspecified atom stereocenters. The quantitative estimate of drug-likeness (QED) is 0.508. The number of hydrogen-bond donors (Lipinski definition) is 1. The minimum atomic E-state index is -0.152. The lowest BCUT2D eigenvalue weighted by molar-refractivity contribution is 0.0886. The smallest absolute Gasteiger partial charge is 0.169 e. The molecule has 0 saturated heterocycles. The Morgan fingerprint density at radius 1 is 1.21 bits per heavy atom. The molecule has 1 aliphatic heterocycles. The number of rotatable bonds is 8. The van der Waals surface area contributed by atoms with Crippen LogP contribution in [0.4, 0.5) is 5.82 Å². The van der Waals surface area contributed by atoms with Gasteiger partial charge in [-0.15, -0.1) is 0 Å². The van der Waals surface area contributed by atoms with E-state index in [4.69, 9.17) is 5.10 Å². The van der Waals surface area contributed by atoms with Crippen LogP contribution in [0.3, 0.4) is 0 Å². The van der Waals surface area contributed by atoms with Gasteiger partial charge in [0.2, 0.25) is 0 Å². The molecule has 1 N–H and O–H groups in total. The van der Waals surface area contributed by atoms with Crippen LogP contribution in [0.5, 0.6) is 0 Å². The van der Waals surface area contributed by atoms with Crippen LogP contribution in [0.25, 0.3) is 0 Å². The molecular formula is C25H37N3O. The predicted molar refractivity (Wildman–Crippen MR) is 121 cm³/mol. The van der Waals surface area contributed by atoms with Crippen LogP contribution in [0, 0.1) is 12.3 Å². The summed E-state index contributed by atoms with van der Waals surface area (Å²) in [5.41, 5.74) is 2.83. The number of fused-ring (bicyclic) bond motifs is 1. The van der Waals surface area contributed by atoms with Gasteiger partial charge in [0.25, 0.3) is 0 Å². The second-order valence-electron chi connectivity index (χ2n) is 9.40. The fourth-order valence-electron chi connectivity index (χ4n) is 5.02. The maximum atomic E-state index is 13.6. The zero-order chi connectivity index (χ0) is 21.2. The Balaban J connectivity index is 1.99. The molecule has 0 spiro atoms. The lowest BCUT2D eigenvalue weighted by Gasteiger charge is -2.38. The lowest BCUT2D eigenvalue weighted by atomic mass is 9.73. The van der Waals surface area contributed by atoms with Crippen molar-refractivity contribution >= 4 is 11.6 Å². The number of benzene rings is 1. The average molecular weight is 396 g/mol. The molecule has 158 valence electrons. The lowest BCUT2D eigenvalue weighted by Crippen LogP contribution is -2.38. The number of carbonyl (C=O) groups excluding carboxylic acids is 1. The third-order valence-electron chi connectivity index (χ3n) is 6.95. The molecule has 1 aromatic heterocycles. The average Bonchev–Trinajstić information content (AvgIpc) is 3.05. The number of ketones is 1. The van der Waals surface area contributed by atoms with E-state index in [0.717, 1.165) is 49.2 Å². The molecule has 1 atom stereocenters. The van der Waals surface area contributed by atoms with Gasteiger partial charge in [-0.3, -0.25) is 4.79 Å². The zero-order valence-corrected chi connectivity index (χ0v) is 19.0. The first-order valence-corrected chi connectivity index (χ1v) is 11.2. The third kappa shape index (κ3) is 4.12. The van der Waals surface area contributed by atoms with E-state index in [9.17, 15) is 4.79 Å². The molecule has 0 saturated carbocycles. The fraction of sp³-hybridized carbons (Fsp3) is 0.600. The Morgan fingerprint density at radius 3 is 2.45 bits per heavy atom. The van der Waals surface area contributed by atoms with Gasteiger partial charge in [-0.25, -0.2) is 4.68 Å². The van der Waals surface area contributed by atoms with E-state index in [2.05, 4.69) is 64.2 Å². The molecule has 1 aromatic carbocycles. The van der Waals surface area contributed by atoms with E-state index in [1.165, 1.54) is 5.56 Å². The number of anilines is 1. The van der Waals surface area contributed by atoms with Gasteiger partial charge in [0, 0.05) is 6.42 Å². The highest BCUT2D eigenvalue weighted by atomic mass is 16.1. The van der Waals surface area contributed by atoms with Crippen molar-refractivity contribution in [1.82, 2.24) is 9.78 Å². The molecule has 4 nitrogen and oxygen atoms in total. The van der Waals surface area contributed by atoms with Crippen molar-refractivity contribution in [2.24, 2.45) is 5.41 Å². The van der Waals surface area contributed by atoms with Crippen molar-refractivity contribution in [1.29, 1.82) is 0 Å². The molecule has 0 bridgehead atoms. The Morgan fingerprint density at radius 2 is 1.86 bits per heavy atom. The maximum absolute atomic E-state index is 13.6. The minimum Gasteiger partial charge on any atom is -0.363 e. The summed E-state index contributed by atoms with van der Waals surface area (Å²) in [5, 5.41) is 8.49. The van der Waals surface area contributed by atoms with Gasteiger partial charge in [0.15, 0.2) is 5.78 Å². The molecule has 0 aliphatic carbocycles. The van der Waals surface area contributed by atoms with E-state index in [1.54, 1.807) is 0 Å². The van der Waals surface area contributed by atoms with E-state index < -0.39 is 0 Å². The molecule has 2 aromatic rings. The Labute approximate surface area is 176 Å². The van der Waals surface area contributed by atoms with Crippen LogP contribution in [0.2, 0.25) is 0 Å². The van der Waals surface area contributed by atoms with Crippen LogP contribution >= 0.6 is 0 Å². The molecule has 29 heavy (non-hydrogen) atoms. The van der Waals surface area contributed by atoms with Crippen LogP contribution in [-0.2, 0) is 5.54 Å². The van der Waals surface area contributed by atoms with Crippen LogP contribution in [0.15, 0.2) is 30.3 Å². The third-order valence-corrected chi connectivity index (χ3v) is 6.95. The van der Waals surface area contributed by atoms with Crippen molar-refractivity contribution < 1.29 is 4.79 Å². The van der Waals surface area contributed by atoms with Gasteiger partial charge in [0.1, 0.15) is 5.82 Å². The predicted octanol–water partition coefficient (Wildman–Crippen LogP) is 6.66. The topological polar surface area (TPSA) is 46.9 Å². The van der Waals surface area contributed by atoms with Gasteiger partial charge in [-0.1, -0.05) is 70.4 Å². The van der Waals surface area contributed by atoms with Gasteiger partial charge >= 0.3 is 0 Å². The number of carbonyl (C=O) groups is 1. The van der Waals surface area contributed by atoms with Crippen molar-refractivity contribution in [2.45, 2.75) is 91.6 Å². The number of nitrogens with one attached hydrogen (secondary N) is 1. The molecule has 1 aliphatic rings. The second-order valence-corrected chi connectivity index (χ2v) is 9.40. The van der Waals surface area contributed by atoms with Crippen LogP contribution in [0.1, 0.15) is 101 Å². The number of Topliss-reactive ketones (excluding diaryl/α,β-unsaturated/α-hetero) is 1. The summed E-state index contributed by atoms with van der Waals surface area (Å²) in [6.07, 6.45) is 5.82. The minimum absolute atomic E-state index is 0.0934. The molecular weight excluding hydrogens is 358 g/mol. The Kier molecular flexibility index (Phi) is 6.21. The Bertz CT molecular complexity index is 846. The number of nitrogens with zero attached hydrogens (tertiary/aromatic N) is 2. The van der Waals surface area contributed by atoms with Gasteiger partial charge in [-0.05, 0) is 44.6 Å². The number of aromatic nitrogens is 2. The van der Waals surface area contributed by atoms with Gasteiger partial charge in [0.05, 0.1) is 22.8 Å². The normalized spacial score (nSPS) is 18.2. The first-order valence-electron chi connectivity index (χ1n) is 11.2. The number of aryl methyl sites for hydroxylation is 1. The standard InChI is InChI=1S/C25H37N3O/c1-7-15-25(8-2,9-3)17-21(29)22-18(4)27-28-23(22)26-20(16-24(28,5)6)19-13-11-10-12-14-19/h10-14,20,26H,7-9,15-17H2,1-6H3/t20-/m1/s1. The Hall–Kier alpha value is -2.10. The van der Waals surface area contributed by atoms with Crippen molar-refractivity contribution in [3.8, 4) is 0 Å². The van der Waals surface area contributed by atoms with E-state index in [0.29, 0.717) is 6.42 Å². The second kappa shape index (κ2) is 8.33. The number of hydrogen-bond acceptors (Lipinski definition) is 3. The largest absolute Gasteiger partial charge is 0.363 e. The summed E-state index contributed by atoms with van der Waals surface area (Å²) in [5.74, 6) is 1.13. The van der Waals surface area contributed by atoms with Crippen molar-refractivity contribution in [3.63, 3.8) is 0 Å². The van der Waals surface area contributed by atoms with Gasteiger partial charge in [-0.2, -0.15) is 5.10 Å². The van der Waals surface area contributed by atoms with Crippen LogP contribution in [-0.4, -0.2) is 15.6 Å². The molecule has 0 amide bonds. The summed E-state index contributed by atoms with van der Waals surface area (Å²) in [6.45, 7) is 13.1. The summed E-state index contributed by atoms with van der Waals surface area (Å²) in [6, 6.07) is 10.7. The molecule has 4 heteroatoms. The highest BCUT2D eigenvalue weighted by molar-refractivity contribution is 6.02. The van der Waals surface area contributed by atoms with Crippen molar-refractivity contribution in [2.75, 3.05) is 5.32 Å². The summed E-state index contributed by atoms with van der Waals surface area (Å²) >= 11 is 0. The molecule has 3 rings (SSSR count). The molecule has 0 radical (unpaired) electrons. The summed E-state index contributed by atoms with van der Waals surface area (Å²) < 4.78 is 2.05. The summed E-state index contributed by atoms with van der Waals surface area (Å²) in [4.78, 5) is 13.6. The fourth-order valence-corrected chi connectivity index (χ4v) is 5.02. The molecule has 2 heterocycles. The summed E-state index contributed by atoms with van der Waals surface area (Å²) in [7, 11) is 0. The SMILES string of the molecule is CCCC(CC)(CC)CC(=O)c1c(C)nn2c1N[C@@H](c1ccccc1)CC2(C)C.